The molecule has 1 aliphatic heterocycles. The van der Waals surface area contributed by atoms with E-state index in [1.54, 1.807) is 0 Å². The smallest absolute Gasteiger partial charge is 0.307 e. The van der Waals surface area contributed by atoms with Gasteiger partial charge >= 0.3 is 5.97 Å². The molecule has 5 heteroatoms. The van der Waals surface area contributed by atoms with Crippen LogP contribution in [0.5, 0.6) is 11.5 Å². The van der Waals surface area contributed by atoms with Crippen LogP contribution in [0.1, 0.15) is 11.5 Å². The molecular formula is C12H11FO4. The molecule has 1 aliphatic carbocycles. The van der Waals surface area contributed by atoms with Gasteiger partial charge in [-0.1, -0.05) is 0 Å². The summed E-state index contributed by atoms with van der Waals surface area (Å²) in [6.07, 6.45) is 0. The Morgan fingerprint density at radius 3 is 3.00 bits per heavy atom. The van der Waals surface area contributed by atoms with Gasteiger partial charge in [-0.2, -0.15) is 0 Å². The zero-order valence-corrected chi connectivity index (χ0v) is 9.14. The Labute approximate surface area is 97.0 Å². The predicted octanol–water partition coefficient (Wildman–Crippen LogP) is 1.64. The zero-order valence-electron chi connectivity index (χ0n) is 9.14. The molecule has 1 N–H and O–H groups in total. The van der Waals surface area contributed by atoms with E-state index in [0.29, 0.717) is 23.7 Å². The van der Waals surface area contributed by atoms with Gasteiger partial charge in [-0.15, -0.1) is 0 Å². The molecular weight excluding hydrogens is 227 g/mol. The topological polar surface area (TPSA) is 55.8 Å². The highest BCUT2D eigenvalue weighted by Gasteiger charge is 2.60. The molecule has 1 saturated carbocycles. The highest BCUT2D eigenvalue weighted by molar-refractivity contribution is 5.77. The number of hydrogen-bond donors (Lipinski definition) is 1. The van der Waals surface area contributed by atoms with E-state index >= 15 is 0 Å². The van der Waals surface area contributed by atoms with Gasteiger partial charge < -0.3 is 14.6 Å². The van der Waals surface area contributed by atoms with Crippen LogP contribution >= 0.6 is 0 Å². The molecule has 1 heterocycles. The molecule has 17 heavy (non-hydrogen) atoms. The second-order valence-corrected chi connectivity index (χ2v) is 4.36. The van der Waals surface area contributed by atoms with E-state index in [4.69, 9.17) is 14.6 Å². The van der Waals surface area contributed by atoms with Crippen LogP contribution in [0.25, 0.3) is 0 Å². The number of hydrogen-bond acceptors (Lipinski definition) is 3. The molecule has 0 bridgehead atoms. The lowest BCUT2D eigenvalue weighted by Gasteiger charge is -2.19. The average molecular weight is 238 g/mol. The minimum atomic E-state index is -0.890. The van der Waals surface area contributed by atoms with E-state index in [1.807, 2.05) is 0 Å². The van der Waals surface area contributed by atoms with Crippen LogP contribution < -0.4 is 9.47 Å². The number of fused-ring (bicyclic) bond motifs is 3. The van der Waals surface area contributed by atoms with E-state index in [9.17, 15) is 9.18 Å². The molecule has 1 aromatic rings. The van der Waals surface area contributed by atoms with Gasteiger partial charge in [-0.3, -0.25) is 4.79 Å². The Morgan fingerprint density at radius 2 is 2.35 bits per heavy atom. The summed E-state index contributed by atoms with van der Waals surface area (Å²) in [5, 5.41) is 9.02. The largest absolute Gasteiger partial charge is 0.493 e. The Morgan fingerprint density at radius 1 is 1.59 bits per heavy atom. The summed E-state index contributed by atoms with van der Waals surface area (Å²) in [6, 6.07) is 2.79. The average Bonchev–Trinajstić information content (AvgIpc) is 3.03. The standard InChI is InChI=1S/C12H11FO4/c1-16-7-3-2-6(13)10-8-5(4-17-11(7)10)9(8)12(14)15/h2-3,5,8-9H,4H2,1H3,(H,14,15)/t5?,8?,9-/m1/s1. The van der Waals surface area contributed by atoms with Crippen LogP contribution in [-0.4, -0.2) is 24.8 Å². The third kappa shape index (κ3) is 1.31. The van der Waals surface area contributed by atoms with Gasteiger partial charge in [0.05, 0.1) is 19.6 Å². The number of carboxylic acids is 1. The highest BCUT2D eigenvalue weighted by Crippen LogP contribution is 2.61. The maximum absolute atomic E-state index is 13.8. The maximum Gasteiger partial charge on any atom is 0.307 e. The van der Waals surface area contributed by atoms with E-state index in [2.05, 4.69) is 0 Å². The lowest BCUT2D eigenvalue weighted by Crippen LogP contribution is -2.11. The van der Waals surface area contributed by atoms with Crippen molar-refractivity contribution in [2.24, 2.45) is 11.8 Å². The predicted molar refractivity (Wildman–Crippen MR) is 55.8 cm³/mol. The molecule has 2 aliphatic rings. The summed E-state index contributed by atoms with van der Waals surface area (Å²) in [6.45, 7) is 0.314. The molecule has 90 valence electrons. The third-order valence-electron chi connectivity index (χ3n) is 3.53. The summed E-state index contributed by atoms with van der Waals surface area (Å²) in [5.41, 5.74) is 0.355. The van der Waals surface area contributed by atoms with Crippen LogP contribution in [0, 0.1) is 17.7 Å². The maximum atomic E-state index is 13.8. The SMILES string of the molecule is COc1ccc(F)c2c1OCC1C2[C@@H]1C(=O)O. The van der Waals surface area contributed by atoms with Crippen LogP contribution in [-0.2, 0) is 4.79 Å². The van der Waals surface area contributed by atoms with Gasteiger partial charge in [-0.25, -0.2) is 4.39 Å². The van der Waals surface area contributed by atoms with Gasteiger partial charge in [0.2, 0.25) is 0 Å². The van der Waals surface area contributed by atoms with Crippen molar-refractivity contribution in [3.8, 4) is 11.5 Å². The molecule has 3 atom stereocenters. The fourth-order valence-electron chi connectivity index (χ4n) is 2.67. The van der Waals surface area contributed by atoms with E-state index in [-0.39, 0.29) is 11.8 Å². The van der Waals surface area contributed by atoms with Gasteiger partial charge in [0, 0.05) is 17.4 Å². The van der Waals surface area contributed by atoms with Crippen molar-refractivity contribution in [1.29, 1.82) is 0 Å². The number of halogens is 1. The van der Waals surface area contributed by atoms with Crippen LogP contribution in [0.15, 0.2) is 12.1 Å². The number of carbonyl (C=O) groups is 1. The van der Waals surface area contributed by atoms with Gasteiger partial charge in [0.15, 0.2) is 11.5 Å². The quantitative estimate of drug-likeness (QED) is 0.851. The van der Waals surface area contributed by atoms with Crippen LogP contribution in [0.2, 0.25) is 0 Å². The number of benzene rings is 1. The zero-order chi connectivity index (χ0) is 12.2. The van der Waals surface area contributed by atoms with E-state index < -0.39 is 17.7 Å². The number of carboxylic acid groups (broad SMARTS) is 1. The van der Waals surface area contributed by atoms with Crippen molar-refractivity contribution in [1.82, 2.24) is 0 Å². The first-order valence-electron chi connectivity index (χ1n) is 5.37. The summed E-state index contributed by atoms with van der Waals surface area (Å²) >= 11 is 0. The second kappa shape index (κ2) is 3.35. The van der Waals surface area contributed by atoms with Crippen molar-refractivity contribution in [2.75, 3.05) is 13.7 Å². The number of aliphatic carboxylic acids is 1. The monoisotopic (exact) mass is 238 g/mol. The van der Waals surface area contributed by atoms with Crippen molar-refractivity contribution in [2.45, 2.75) is 5.92 Å². The van der Waals surface area contributed by atoms with Crippen molar-refractivity contribution in [3.05, 3.63) is 23.5 Å². The third-order valence-corrected chi connectivity index (χ3v) is 3.53. The molecule has 3 rings (SSSR count). The van der Waals surface area contributed by atoms with E-state index in [1.165, 1.54) is 19.2 Å². The number of methoxy groups -OCH3 is 1. The van der Waals surface area contributed by atoms with Gasteiger partial charge in [-0.05, 0) is 12.1 Å². The molecule has 0 amide bonds. The molecule has 0 aromatic heterocycles. The molecule has 2 unspecified atom stereocenters. The molecule has 0 spiro atoms. The summed E-state index contributed by atoms with van der Waals surface area (Å²) in [7, 11) is 1.48. The molecule has 1 aromatic carbocycles. The Kier molecular flexibility index (Phi) is 2.05. The second-order valence-electron chi connectivity index (χ2n) is 4.36. The van der Waals surface area contributed by atoms with Crippen molar-refractivity contribution < 1.29 is 23.8 Å². The molecule has 1 fully saturated rings. The molecule has 0 radical (unpaired) electrons. The molecule has 4 nitrogen and oxygen atoms in total. The normalized spacial score (nSPS) is 28.7. The Balaban J connectivity index is 2.09. The first kappa shape index (κ1) is 10.4. The minimum absolute atomic E-state index is 0.110. The van der Waals surface area contributed by atoms with Gasteiger partial charge in [0.1, 0.15) is 5.82 Å². The lowest BCUT2D eigenvalue weighted by molar-refractivity contribution is -0.139. The summed E-state index contributed by atoms with van der Waals surface area (Å²) in [4.78, 5) is 11.0. The number of rotatable bonds is 2. The highest BCUT2D eigenvalue weighted by atomic mass is 19.1. The fourth-order valence-corrected chi connectivity index (χ4v) is 2.67. The van der Waals surface area contributed by atoms with Gasteiger partial charge in [0.25, 0.3) is 0 Å². The Bertz CT molecular complexity index is 500. The van der Waals surface area contributed by atoms with Crippen molar-refractivity contribution >= 4 is 5.97 Å². The van der Waals surface area contributed by atoms with Crippen LogP contribution in [0.4, 0.5) is 4.39 Å². The lowest BCUT2D eigenvalue weighted by atomic mass is 10.0. The number of ether oxygens (including phenoxy) is 2. The first-order valence-corrected chi connectivity index (χ1v) is 5.37. The fraction of sp³-hybridized carbons (Fsp3) is 0.417. The van der Waals surface area contributed by atoms with E-state index in [0.717, 1.165) is 0 Å². The Hall–Kier alpha value is -1.78. The molecule has 0 saturated heterocycles. The summed E-state index contributed by atoms with van der Waals surface area (Å²) in [5.74, 6) is -1.41. The van der Waals surface area contributed by atoms with Crippen molar-refractivity contribution in [3.63, 3.8) is 0 Å². The minimum Gasteiger partial charge on any atom is -0.493 e. The first-order chi connectivity index (χ1) is 8.15. The van der Waals surface area contributed by atoms with Crippen LogP contribution in [0.3, 0.4) is 0 Å². The summed E-state index contributed by atoms with van der Waals surface area (Å²) < 4.78 is 24.3.